The van der Waals surface area contributed by atoms with Crippen molar-refractivity contribution in [2.24, 2.45) is 5.92 Å². The van der Waals surface area contributed by atoms with Crippen LogP contribution in [0.2, 0.25) is 0 Å². The second-order valence-electron chi connectivity index (χ2n) is 18.1. The highest BCUT2D eigenvalue weighted by Crippen LogP contribution is 2.34. The molecule has 6 N–H and O–H groups in total. The monoisotopic (exact) mass is 1100 g/mol. The number of amides is 14. The summed E-state index contributed by atoms with van der Waals surface area (Å²) in [6.45, 7) is -6.34. The van der Waals surface area contributed by atoms with E-state index in [9.17, 15) is 76.7 Å². The van der Waals surface area contributed by atoms with Gasteiger partial charge in [-0.3, -0.25) is 67.1 Å². The molecule has 0 spiro atoms. The van der Waals surface area contributed by atoms with Gasteiger partial charge in [0.15, 0.2) is 6.10 Å². The van der Waals surface area contributed by atoms with E-state index in [0.717, 1.165) is 44.1 Å². The molecule has 1 aliphatic rings. The van der Waals surface area contributed by atoms with E-state index in [1.165, 1.54) is 63.4 Å². The second kappa shape index (κ2) is 33.6. The second-order valence-corrected chi connectivity index (χ2v) is 18.1. The van der Waals surface area contributed by atoms with E-state index in [1.807, 2.05) is 0 Å². The van der Waals surface area contributed by atoms with Gasteiger partial charge in [0.25, 0.3) is 0 Å². The summed E-state index contributed by atoms with van der Waals surface area (Å²) in [7, 11) is 11.8. The number of carbonyl (C=O) groups excluding carboxylic acids is 15. The third-order valence-corrected chi connectivity index (χ3v) is 11.3. The molecule has 1 rings (SSSR count). The number of aldehydes is 1. The van der Waals surface area contributed by atoms with Gasteiger partial charge in [0, 0.05) is 76.3 Å². The van der Waals surface area contributed by atoms with Crippen LogP contribution >= 0.6 is 0 Å². The van der Waals surface area contributed by atoms with Crippen LogP contribution in [0.25, 0.3) is 0 Å². The van der Waals surface area contributed by atoms with E-state index < -0.39 is 167 Å². The Balaban J connectivity index is 2.37. The zero-order chi connectivity index (χ0) is 58.7. The lowest BCUT2D eigenvalue weighted by Gasteiger charge is -2.27. The fraction of sp³-hybridized carbons (Fsp3) is 0.644. The average Bonchev–Trinajstić information content (AvgIpc) is 4.21. The van der Waals surface area contributed by atoms with Gasteiger partial charge in [-0.05, 0) is 18.8 Å². The lowest BCUT2D eigenvalue weighted by molar-refractivity contribution is -0.153. The number of aliphatic carboxylic acids is 1. The van der Waals surface area contributed by atoms with Gasteiger partial charge in [-0.2, -0.15) is 0 Å². The summed E-state index contributed by atoms with van der Waals surface area (Å²) >= 11 is 0. The molecule has 14 amide bonds. The van der Waals surface area contributed by atoms with Gasteiger partial charge in [0.2, 0.25) is 82.7 Å². The minimum atomic E-state index is -1.14. The molecule has 0 aromatic heterocycles. The van der Waals surface area contributed by atoms with E-state index in [2.05, 4.69) is 26.6 Å². The molecule has 0 bridgehead atoms. The van der Waals surface area contributed by atoms with Crippen molar-refractivity contribution in [3.8, 4) is 0 Å². The molecular formula is C45H72N14O18. The van der Waals surface area contributed by atoms with E-state index in [0.29, 0.717) is 19.1 Å². The lowest BCUT2D eigenvalue weighted by Crippen LogP contribution is -2.49. The Morgan fingerprint density at radius 2 is 0.662 bits per heavy atom. The van der Waals surface area contributed by atoms with Crippen LogP contribution in [0.5, 0.6) is 0 Å². The zero-order valence-corrected chi connectivity index (χ0v) is 44.9. The quantitative estimate of drug-likeness (QED) is 0.0257. The van der Waals surface area contributed by atoms with Gasteiger partial charge in [0.1, 0.15) is 13.0 Å². The minimum absolute atomic E-state index is 0.110. The fourth-order valence-electron chi connectivity index (χ4n) is 5.99. The van der Waals surface area contributed by atoms with Crippen molar-refractivity contribution in [2.75, 3.05) is 155 Å². The number of carboxylic acids is 1. The third-order valence-electron chi connectivity index (χ3n) is 11.3. The van der Waals surface area contributed by atoms with Crippen molar-refractivity contribution in [2.45, 2.75) is 31.8 Å². The smallest absolute Gasteiger partial charge is 0.333 e. The van der Waals surface area contributed by atoms with Crippen LogP contribution in [0, 0.1) is 5.92 Å². The number of carbonyl (C=O) groups is 16. The number of carboxylic acid groups (broad SMARTS) is 1. The van der Waals surface area contributed by atoms with Crippen LogP contribution in [0.3, 0.4) is 0 Å². The van der Waals surface area contributed by atoms with Crippen molar-refractivity contribution in [3.05, 3.63) is 0 Å². The van der Waals surface area contributed by atoms with Crippen LogP contribution in [0.1, 0.15) is 25.7 Å². The normalized spacial score (nSPS) is 11.7. The topological polar surface area (TPSA) is 392 Å². The van der Waals surface area contributed by atoms with Crippen LogP contribution in [0.4, 0.5) is 0 Å². The van der Waals surface area contributed by atoms with Gasteiger partial charge in [-0.15, -0.1) is 0 Å². The van der Waals surface area contributed by atoms with Crippen LogP contribution < -0.4 is 26.6 Å². The number of ether oxygens (including phenoxy) is 1. The van der Waals surface area contributed by atoms with Crippen molar-refractivity contribution in [3.63, 3.8) is 0 Å². The summed E-state index contributed by atoms with van der Waals surface area (Å²) in [5.41, 5.74) is 0. The molecule has 1 unspecified atom stereocenters. The van der Waals surface area contributed by atoms with Crippen molar-refractivity contribution >= 4 is 95.0 Å². The molecule has 1 fully saturated rings. The summed E-state index contributed by atoms with van der Waals surface area (Å²) in [6, 6.07) is 0. The molecule has 0 saturated heterocycles. The number of nitrogens with one attached hydrogen (secondary N) is 5. The van der Waals surface area contributed by atoms with E-state index >= 15 is 0 Å². The Morgan fingerprint density at radius 1 is 0.403 bits per heavy atom. The molecule has 1 saturated carbocycles. The first kappa shape index (κ1) is 66.7. The maximum Gasteiger partial charge on any atom is 0.333 e. The molecule has 0 aromatic rings. The lowest BCUT2D eigenvalue weighted by atomic mass is 10.2. The number of hydrogen-bond acceptors (Lipinski definition) is 17. The largest absolute Gasteiger partial charge is 0.479 e. The summed E-state index contributed by atoms with van der Waals surface area (Å²) in [5.74, 6) is -10.5. The van der Waals surface area contributed by atoms with Gasteiger partial charge >= 0.3 is 5.97 Å². The van der Waals surface area contributed by atoms with Crippen LogP contribution in [-0.4, -0.2) is 306 Å². The highest BCUT2D eigenvalue weighted by Gasteiger charge is 2.37. The third kappa shape index (κ3) is 26.6. The van der Waals surface area contributed by atoms with Crippen molar-refractivity contribution in [1.82, 2.24) is 70.7 Å². The van der Waals surface area contributed by atoms with Crippen LogP contribution in [0.15, 0.2) is 0 Å². The average molecular weight is 1100 g/mol. The summed E-state index contributed by atoms with van der Waals surface area (Å²) in [6.07, 6.45) is 0.177. The van der Waals surface area contributed by atoms with E-state index in [-0.39, 0.29) is 38.6 Å². The summed E-state index contributed by atoms with van der Waals surface area (Å²) in [4.78, 5) is 206. The first-order valence-corrected chi connectivity index (χ1v) is 23.7. The highest BCUT2D eigenvalue weighted by molar-refractivity contribution is 5.95. The zero-order valence-electron chi connectivity index (χ0n) is 44.9. The van der Waals surface area contributed by atoms with E-state index in [1.54, 1.807) is 0 Å². The van der Waals surface area contributed by atoms with Crippen LogP contribution in [-0.2, 0) is 81.4 Å². The SMILES string of the molecule is CN(CC=O)C(=O)CN(C)C(=O)CN(C)C(=O)CN(C)C(=O)CN(C)C(=O)CN(C)C(=O)CN(C)C(=O)CN(C)C(=O)CN(C)C(=O)CCC(=O)NCC(=O)NCC(=O)NCC(=O)NCC(=O)NCOC(C(=O)O)C1CC1. The first-order chi connectivity index (χ1) is 36.0. The Labute approximate surface area is 444 Å². The molecule has 32 nitrogen and oxygen atoms in total. The fourth-order valence-corrected chi connectivity index (χ4v) is 5.99. The number of nitrogens with zero attached hydrogens (tertiary/aromatic N) is 9. The standard InChI is InChI=1S/C45H72N14O18/c1-51(14-15-60)36(67)20-53(3)38(69)22-55(5)40(71)24-57(7)42(73)26-59(9)43(74)27-58(8)41(72)25-56(6)39(70)23-54(4)37(68)21-52(2)35(66)13-12-30(61)46-16-31(62)47-17-32(63)48-18-33(64)49-19-34(65)50-28-77-44(45(75)76)29-10-11-29/h15,29,44H,10-14,16-28H2,1-9H3,(H,46,61)(H,47,62)(H,48,63)(H,49,64)(H,50,65)(H,75,76). The van der Waals surface area contributed by atoms with Gasteiger partial charge < -0.3 is 85.3 Å². The number of rotatable bonds is 34. The van der Waals surface area contributed by atoms with Gasteiger partial charge in [-0.25, -0.2) is 4.79 Å². The molecule has 0 aliphatic heterocycles. The number of hydrogen-bond donors (Lipinski definition) is 6. The van der Waals surface area contributed by atoms with Crippen molar-refractivity contribution < 1.29 is 86.6 Å². The predicted molar refractivity (Wildman–Crippen MR) is 264 cm³/mol. The predicted octanol–water partition coefficient (Wildman–Crippen LogP) is -8.49. The van der Waals surface area contributed by atoms with Gasteiger partial charge in [0.05, 0.1) is 85.1 Å². The minimum Gasteiger partial charge on any atom is -0.479 e. The Bertz CT molecular complexity index is 2210. The first-order valence-electron chi connectivity index (χ1n) is 23.7. The Morgan fingerprint density at radius 3 is 0.935 bits per heavy atom. The van der Waals surface area contributed by atoms with Crippen molar-refractivity contribution in [1.29, 1.82) is 0 Å². The van der Waals surface area contributed by atoms with Gasteiger partial charge in [-0.1, -0.05) is 0 Å². The molecule has 0 radical (unpaired) electrons. The molecule has 32 heteroatoms. The molecular weight excluding hydrogens is 1020 g/mol. The van der Waals surface area contributed by atoms with E-state index in [4.69, 9.17) is 9.84 Å². The molecule has 0 heterocycles. The molecule has 77 heavy (non-hydrogen) atoms. The molecule has 1 atom stereocenters. The Hall–Kier alpha value is -8.32. The summed E-state index contributed by atoms with van der Waals surface area (Å²) < 4.78 is 5.14. The molecule has 430 valence electrons. The molecule has 0 aromatic carbocycles. The molecule has 1 aliphatic carbocycles. The summed E-state index contributed by atoms with van der Waals surface area (Å²) in [5, 5.41) is 20.4. The maximum atomic E-state index is 12.9. The Kier molecular flexibility index (Phi) is 29.1. The maximum absolute atomic E-state index is 12.9. The number of likely N-dealkylation sites (N-methyl/N-ethyl adjacent to an activating group) is 9. The highest BCUT2D eigenvalue weighted by atomic mass is 16.5.